The molecule has 0 saturated heterocycles. The van der Waals surface area contributed by atoms with E-state index in [-0.39, 0.29) is 0 Å². The van der Waals surface area contributed by atoms with Gasteiger partial charge in [-0.05, 0) is 30.0 Å². The van der Waals surface area contributed by atoms with Gasteiger partial charge in [-0.2, -0.15) is 0 Å². The summed E-state index contributed by atoms with van der Waals surface area (Å²) in [6.07, 6.45) is 5.21. The van der Waals surface area contributed by atoms with Gasteiger partial charge in [-0.25, -0.2) is 15.0 Å². The van der Waals surface area contributed by atoms with Crippen LogP contribution in [0.4, 0.5) is 0 Å². The molecule has 0 fully saturated rings. The number of hydrogen-bond donors (Lipinski definition) is 1. The minimum atomic E-state index is 0.443. The highest BCUT2D eigenvalue weighted by Crippen LogP contribution is 2.28. The van der Waals surface area contributed by atoms with E-state index in [1.807, 2.05) is 34.9 Å². The number of nitrogens with two attached hydrogens (primary N) is 1. The standard InChI is InChI=1S/C12H11N5S/c13-7-9-12(18-11-4-5-14-8-15-11)16-10-3-1-2-6-17(9)10/h1-6,8H,7,13H2. The molecule has 0 bridgehead atoms. The zero-order chi connectivity index (χ0) is 12.4. The first-order valence-electron chi connectivity index (χ1n) is 5.48. The highest BCUT2D eigenvalue weighted by atomic mass is 32.2. The van der Waals surface area contributed by atoms with Gasteiger partial charge in [-0.1, -0.05) is 6.07 Å². The van der Waals surface area contributed by atoms with Gasteiger partial charge in [0.1, 0.15) is 22.0 Å². The highest BCUT2D eigenvalue weighted by molar-refractivity contribution is 7.99. The maximum atomic E-state index is 5.81. The third-order valence-corrected chi connectivity index (χ3v) is 3.51. The lowest BCUT2D eigenvalue weighted by Gasteiger charge is -2.00. The van der Waals surface area contributed by atoms with Gasteiger partial charge in [0.15, 0.2) is 0 Å². The Labute approximate surface area is 108 Å². The van der Waals surface area contributed by atoms with Crippen molar-refractivity contribution in [2.24, 2.45) is 5.73 Å². The second-order valence-corrected chi connectivity index (χ2v) is 4.66. The predicted molar refractivity (Wildman–Crippen MR) is 69.2 cm³/mol. The highest BCUT2D eigenvalue weighted by Gasteiger charge is 2.12. The SMILES string of the molecule is NCc1c(Sc2ccncn2)nc2ccccn12. The fourth-order valence-corrected chi connectivity index (χ4v) is 2.60. The Balaban J connectivity index is 2.06. The summed E-state index contributed by atoms with van der Waals surface area (Å²) in [5, 5.41) is 1.76. The molecule has 0 aliphatic heterocycles. The fourth-order valence-electron chi connectivity index (χ4n) is 1.73. The number of fused-ring (bicyclic) bond motifs is 1. The first kappa shape index (κ1) is 11.2. The molecule has 3 rings (SSSR count). The normalized spacial score (nSPS) is 10.9. The summed E-state index contributed by atoms with van der Waals surface area (Å²) in [5.74, 6) is 0. The third kappa shape index (κ3) is 1.96. The maximum absolute atomic E-state index is 5.81. The number of hydrogen-bond acceptors (Lipinski definition) is 5. The smallest absolute Gasteiger partial charge is 0.138 e. The van der Waals surface area contributed by atoms with Gasteiger partial charge in [-0.3, -0.25) is 0 Å². The van der Waals surface area contributed by atoms with Crippen molar-refractivity contribution in [1.82, 2.24) is 19.4 Å². The quantitative estimate of drug-likeness (QED) is 0.724. The summed E-state index contributed by atoms with van der Waals surface area (Å²) in [7, 11) is 0. The topological polar surface area (TPSA) is 69.1 Å². The fraction of sp³-hybridized carbons (Fsp3) is 0.0833. The third-order valence-electron chi connectivity index (χ3n) is 2.54. The van der Waals surface area contributed by atoms with Crippen LogP contribution in [0.3, 0.4) is 0 Å². The zero-order valence-corrected chi connectivity index (χ0v) is 10.3. The van der Waals surface area contributed by atoms with Crippen molar-refractivity contribution >= 4 is 17.4 Å². The van der Waals surface area contributed by atoms with Crippen LogP contribution in [-0.4, -0.2) is 19.4 Å². The molecule has 0 unspecified atom stereocenters. The van der Waals surface area contributed by atoms with Gasteiger partial charge >= 0.3 is 0 Å². The monoisotopic (exact) mass is 257 g/mol. The van der Waals surface area contributed by atoms with Crippen LogP contribution in [0, 0.1) is 0 Å². The summed E-state index contributed by atoms with van der Waals surface area (Å²) < 4.78 is 2.00. The van der Waals surface area contributed by atoms with Gasteiger partial charge in [-0.15, -0.1) is 0 Å². The molecule has 0 saturated carbocycles. The van der Waals surface area contributed by atoms with Gasteiger partial charge in [0, 0.05) is 18.9 Å². The Hall–Kier alpha value is -1.92. The summed E-state index contributed by atoms with van der Waals surface area (Å²) in [6.45, 7) is 0.443. The van der Waals surface area contributed by atoms with Crippen molar-refractivity contribution in [3.8, 4) is 0 Å². The molecule has 18 heavy (non-hydrogen) atoms. The van der Waals surface area contributed by atoms with Crippen LogP contribution in [0.1, 0.15) is 5.69 Å². The largest absolute Gasteiger partial charge is 0.325 e. The second kappa shape index (κ2) is 4.75. The summed E-state index contributed by atoms with van der Waals surface area (Å²) in [5.41, 5.74) is 7.70. The molecule has 5 nitrogen and oxygen atoms in total. The van der Waals surface area contributed by atoms with Gasteiger partial charge in [0.2, 0.25) is 0 Å². The van der Waals surface area contributed by atoms with E-state index in [0.717, 1.165) is 21.4 Å². The first-order chi connectivity index (χ1) is 8.88. The van der Waals surface area contributed by atoms with E-state index in [2.05, 4.69) is 15.0 Å². The zero-order valence-electron chi connectivity index (χ0n) is 9.52. The molecule has 90 valence electrons. The number of nitrogens with zero attached hydrogens (tertiary/aromatic N) is 4. The lowest BCUT2D eigenvalue weighted by atomic mass is 10.4. The molecular weight excluding hydrogens is 246 g/mol. The van der Waals surface area contributed by atoms with Crippen LogP contribution in [-0.2, 0) is 6.54 Å². The van der Waals surface area contributed by atoms with E-state index < -0.39 is 0 Å². The first-order valence-corrected chi connectivity index (χ1v) is 6.30. The molecule has 0 atom stereocenters. The Morgan fingerprint density at radius 1 is 1.28 bits per heavy atom. The molecule has 0 spiro atoms. The van der Waals surface area contributed by atoms with Crippen LogP contribution in [0.5, 0.6) is 0 Å². The predicted octanol–water partition coefficient (Wildman–Crippen LogP) is 1.73. The van der Waals surface area contributed by atoms with Crippen LogP contribution in [0.25, 0.3) is 5.65 Å². The second-order valence-electron chi connectivity index (χ2n) is 3.65. The van der Waals surface area contributed by atoms with Crippen LogP contribution >= 0.6 is 11.8 Å². The molecule has 0 aromatic carbocycles. The number of pyridine rings is 1. The molecule has 3 aromatic rings. The molecule has 3 aromatic heterocycles. The maximum Gasteiger partial charge on any atom is 0.138 e. The minimum Gasteiger partial charge on any atom is -0.325 e. The summed E-state index contributed by atoms with van der Waals surface area (Å²) >= 11 is 1.50. The Bertz CT molecular complexity index is 665. The van der Waals surface area contributed by atoms with Crippen molar-refractivity contribution in [1.29, 1.82) is 0 Å². The van der Waals surface area contributed by atoms with E-state index in [1.165, 1.54) is 18.1 Å². The van der Waals surface area contributed by atoms with E-state index in [1.54, 1.807) is 6.20 Å². The lowest BCUT2D eigenvalue weighted by Crippen LogP contribution is -2.01. The Kier molecular flexibility index (Phi) is 2.95. The summed E-state index contributed by atoms with van der Waals surface area (Å²) in [4.78, 5) is 12.6. The number of imidazole rings is 1. The Morgan fingerprint density at radius 3 is 3.00 bits per heavy atom. The van der Waals surface area contributed by atoms with Crippen LogP contribution < -0.4 is 5.73 Å². The molecular formula is C12H11N5S. The van der Waals surface area contributed by atoms with E-state index >= 15 is 0 Å². The van der Waals surface area contributed by atoms with E-state index in [4.69, 9.17) is 5.73 Å². The van der Waals surface area contributed by atoms with Gasteiger partial charge in [0.25, 0.3) is 0 Å². The average Bonchev–Trinajstić information content (AvgIpc) is 2.77. The van der Waals surface area contributed by atoms with Gasteiger partial charge < -0.3 is 10.1 Å². The Morgan fingerprint density at radius 2 is 2.22 bits per heavy atom. The molecule has 0 aliphatic rings. The van der Waals surface area contributed by atoms with Crippen molar-refractivity contribution < 1.29 is 0 Å². The molecule has 0 radical (unpaired) electrons. The van der Waals surface area contributed by atoms with Crippen molar-refractivity contribution in [2.45, 2.75) is 16.6 Å². The van der Waals surface area contributed by atoms with Crippen LogP contribution in [0.2, 0.25) is 0 Å². The number of aromatic nitrogens is 4. The average molecular weight is 257 g/mol. The molecule has 2 N–H and O–H groups in total. The lowest BCUT2D eigenvalue weighted by molar-refractivity contribution is 0.918. The molecule has 0 aliphatic carbocycles. The van der Waals surface area contributed by atoms with Crippen molar-refractivity contribution in [3.63, 3.8) is 0 Å². The molecule has 3 heterocycles. The molecule has 6 heteroatoms. The van der Waals surface area contributed by atoms with Crippen molar-refractivity contribution in [3.05, 3.63) is 48.7 Å². The summed E-state index contributed by atoms with van der Waals surface area (Å²) in [6, 6.07) is 7.74. The minimum absolute atomic E-state index is 0.443. The van der Waals surface area contributed by atoms with E-state index in [0.29, 0.717) is 6.54 Å². The van der Waals surface area contributed by atoms with Gasteiger partial charge in [0.05, 0.1) is 5.69 Å². The van der Waals surface area contributed by atoms with Crippen molar-refractivity contribution in [2.75, 3.05) is 0 Å². The van der Waals surface area contributed by atoms with Crippen LogP contribution in [0.15, 0.2) is 53.0 Å². The van der Waals surface area contributed by atoms with E-state index in [9.17, 15) is 0 Å². The molecule has 0 amide bonds. The number of rotatable bonds is 3.